The van der Waals surface area contributed by atoms with Gasteiger partial charge >= 0.3 is 6.18 Å². The molecule has 0 atom stereocenters. The Balaban J connectivity index is 2.27. The molecule has 100 valence electrons. The number of nitrogens with one attached hydrogen (secondary N) is 1. The summed E-state index contributed by atoms with van der Waals surface area (Å²) in [6, 6.07) is 0. The molecule has 0 bridgehead atoms. The van der Waals surface area contributed by atoms with Crippen molar-refractivity contribution < 1.29 is 23.1 Å². The van der Waals surface area contributed by atoms with E-state index in [0.717, 1.165) is 25.7 Å². The van der Waals surface area contributed by atoms with Gasteiger partial charge in [-0.1, -0.05) is 12.8 Å². The number of hydrogen-bond donors (Lipinski definition) is 2. The first kappa shape index (κ1) is 14.3. The molecular formula is C11H18F3NO2. The van der Waals surface area contributed by atoms with E-state index in [1.165, 1.54) is 0 Å². The first-order chi connectivity index (χ1) is 7.87. The van der Waals surface area contributed by atoms with Gasteiger partial charge < -0.3 is 10.4 Å². The topological polar surface area (TPSA) is 49.3 Å². The number of alkyl halides is 3. The monoisotopic (exact) mass is 253 g/mol. The van der Waals surface area contributed by atoms with Crippen molar-refractivity contribution in [3.8, 4) is 0 Å². The minimum absolute atomic E-state index is 0.0213. The zero-order chi connectivity index (χ0) is 12.9. The quantitative estimate of drug-likeness (QED) is 0.787. The SMILES string of the molecule is O=C(CCC(F)(F)F)NCC1(CO)CCCC1. The zero-order valence-electron chi connectivity index (χ0n) is 9.65. The predicted octanol–water partition coefficient (Wildman–Crippen LogP) is 2.00. The molecule has 0 aromatic carbocycles. The number of aliphatic hydroxyl groups excluding tert-OH is 1. The summed E-state index contributed by atoms with van der Waals surface area (Å²) in [6.07, 6.45) is -2.28. The van der Waals surface area contributed by atoms with Gasteiger partial charge in [0.1, 0.15) is 0 Å². The van der Waals surface area contributed by atoms with Crippen LogP contribution in [0.2, 0.25) is 0 Å². The van der Waals surface area contributed by atoms with Crippen LogP contribution in [0.3, 0.4) is 0 Å². The van der Waals surface area contributed by atoms with Crippen LogP contribution in [0.15, 0.2) is 0 Å². The summed E-state index contributed by atoms with van der Waals surface area (Å²) >= 11 is 0. The van der Waals surface area contributed by atoms with Gasteiger partial charge in [0.25, 0.3) is 0 Å². The molecule has 0 spiro atoms. The van der Waals surface area contributed by atoms with Crippen molar-refractivity contribution in [2.24, 2.45) is 5.41 Å². The Labute approximate surface area is 98.4 Å². The second-order valence-electron chi connectivity index (χ2n) is 4.76. The number of carbonyl (C=O) groups is 1. The largest absolute Gasteiger partial charge is 0.396 e. The molecule has 0 saturated heterocycles. The molecule has 2 N–H and O–H groups in total. The summed E-state index contributed by atoms with van der Waals surface area (Å²) < 4.78 is 35.6. The Bertz CT molecular complexity index is 260. The second kappa shape index (κ2) is 5.71. The molecule has 3 nitrogen and oxygen atoms in total. The normalized spacial score (nSPS) is 19.3. The first-order valence-corrected chi connectivity index (χ1v) is 5.81. The van der Waals surface area contributed by atoms with Crippen LogP contribution < -0.4 is 5.32 Å². The Hall–Kier alpha value is -0.780. The van der Waals surface area contributed by atoms with Crippen LogP contribution >= 0.6 is 0 Å². The standard InChI is InChI=1S/C11H18F3NO2/c12-11(13,14)6-3-9(17)15-7-10(8-16)4-1-2-5-10/h16H,1-8H2,(H,15,17). The highest BCUT2D eigenvalue weighted by molar-refractivity contribution is 5.75. The van der Waals surface area contributed by atoms with Gasteiger partial charge in [0.05, 0.1) is 13.0 Å². The lowest BCUT2D eigenvalue weighted by molar-refractivity contribution is -0.144. The van der Waals surface area contributed by atoms with Crippen LogP contribution in [0.4, 0.5) is 13.2 Å². The molecule has 0 radical (unpaired) electrons. The van der Waals surface area contributed by atoms with E-state index in [-0.39, 0.29) is 18.6 Å². The maximum atomic E-state index is 11.9. The minimum Gasteiger partial charge on any atom is -0.396 e. The minimum atomic E-state index is -4.29. The number of carbonyl (C=O) groups excluding carboxylic acids is 1. The molecule has 1 aliphatic carbocycles. The Kier molecular flexibility index (Phi) is 4.80. The smallest absolute Gasteiger partial charge is 0.389 e. The predicted molar refractivity (Wildman–Crippen MR) is 56.3 cm³/mol. The highest BCUT2D eigenvalue weighted by Crippen LogP contribution is 2.36. The fourth-order valence-electron chi connectivity index (χ4n) is 2.15. The summed E-state index contributed by atoms with van der Waals surface area (Å²) in [5, 5.41) is 11.7. The van der Waals surface area contributed by atoms with Crippen molar-refractivity contribution in [2.45, 2.75) is 44.7 Å². The van der Waals surface area contributed by atoms with E-state index in [1.54, 1.807) is 0 Å². The van der Waals surface area contributed by atoms with Crippen molar-refractivity contribution in [1.82, 2.24) is 5.32 Å². The van der Waals surface area contributed by atoms with Gasteiger partial charge in [-0.3, -0.25) is 4.79 Å². The summed E-state index contributed by atoms with van der Waals surface area (Å²) in [4.78, 5) is 11.2. The summed E-state index contributed by atoms with van der Waals surface area (Å²) in [7, 11) is 0. The van der Waals surface area contributed by atoms with Crippen molar-refractivity contribution >= 4 is 5.91 Å². The van der Waals surface area contributed by atoms with Gasteiger partial charge in [0.15, 0.2) is 0 Å². The molecule has 0 unspecified atom stereocenters. The molecule has 0 aromatic heterocycles. The van der Waals surface area contributed by atoms with E-state index in [4.69, 9.17) is 0 Å². The number of halogens is 3. The Morgan fingerprint density at radius 3 is 2.35 bits per heavy atom. The molecule has 1 amide bonds. The Morgan fingerprint density at radius 1 is 1.29 bits per heavy atom. The fourth-order valence-corrected chi connectivity index (χ4v) is 2.15. The van der Waals surface area contributed by atoms with E-state index >= 15 is 0 Å². The highest BCUT2D eigenvalue weighted by atomic mass is 19.4. The van der Waals surface area contributed by atoms with Gasteiger partial charge in [-0.2, -0.15) is 13.2 Å². The lowest BCUT2D eigenvalue weighted by Crippen LogP contribution is -2.38. The lowest BCUT2D eigenvalue weighted by Gasteiger charge is -2.26. The number of hydrogen-bond acceptors (Lipinski definition) is 2. The zero-order valence-corrected chi connectivity index (χ0v) is 9.65. The third-order valence-electron chi connectivity index (χ3n) is 3.30. The van der Waals surface area contributed by atoms with E-state index in [0.29, 0.717) is 0 Å². The molecule has 1 aliphatic rings. The molecule has 1 rings (SSSR count). The third kappa shape index (κ3) is 4.93. The van der Waals surface area contributed by atoms with Gasteiger partial charge in [-0.15, -0.1) is 0 Å². The van der Waals surface area contributed by atoms with Crippen LogP contribution in [-0.4, -0.2) is 30.3 Å². The fraction of sp³-hybridized carbons (Fsp3) is 0.909. The molecule has 17 heavy (non-hydrogen) atoms. The van der Waals surface area contributed by atoms with Gasteiger partial charge in [-0.05, 0) is 12.8 Å². The number of rotatable bonds is 5. The van der Waals surface area contributed by atoms with Crippen molar-refractivity contribution in [1.29, 1.82) is 0 Å². The Morgan fingerprint density at radius 2 is 1.88 bits per heavy atom. The number of amides is 1. The maximum Gasteiger partial charge on any atom is 0.389 e. The molecule has 0 aromatic rings. The van der Waals surface area contributed by atoms with Crippen LogP contribution in [0.25, 0.3) is 0 Å². The van der Waals surface area contributed by atoms with Crippen LogP contribution in [0.5, 0.6) is 0 Å². The van der Waals surface area contributed by atoms with Crippen molar-refractivity contribution in [3.63, 3.8) is 0 Å². The summed E-state index contributed by atoms with van der Waals surface area (Å²) in [6.45, 7) is 0.257. The van der Waals surface area contributed by atoms with E-state index < -0.39 is 24.9 Å². The van der Waals surface area contributed by atoms with Gasteiger partial charge in [0.2, 0.25) is 5.91 Å². The molecule has 1 fully saturated rings. The molecule has 6 heteroatoms. The van der Waals surface area contributed by atoms with Gasteiger partial charge in [0, 0.05) is 18.4 Å². The van der Waals surface area contributed by atoms with Crippen LogP contribution in [-0.2, 0) is 4.79 Å². The van der Waals surface area contributed by atoms with Gasteiger partial charge in [-0.25, -0.2) is 0 Å². The van der Waals surface area contributed by atoms with Crippen LogP contribution in [0, 0.1) is 5.41 Å². The average molecular weight is 253 g/mol. The molecular weight excluding hydrogens is 235 g/mol. The second-order valence-corrected chi connectivity index (χ2v) is 4.76. The average Bonchev–Trinajstić information content (AvgIpc) is 2.72. The molecule has 0 heterocycles. The maximum absolute atomic E-state index is 11.9. The van der Waals surface area contributed by atoms with Crippen molar-refractivity contribution in [3.05, 3.63) is 0 Å². The molecule has 0 aliphatic heterocycles. The first-order valence-electron chi connectivity index (χ1n) is 5.81. The van der Waals surface area contributed by atoms with Crippen molar-refractivity contribution in [2.75, 3.05) is 13.2 Å². The lowest BCUT2D eigenvalue weighted by atomic mass is 9.87. The van der Waals surface area contributed by atoms with E-state index in [1.807, 2.05) is 0 Å². The van der Waals surface area contributed by atoms with E-state index in [9.17, 15) is 23.1 Å². The third-order valence-corrected chi connectivity index (χ3v) is 3.30. The summed E-state index contributed by atoms with van der Waals surface area (Å²) in [5.41, 5.74) is -0.312. The van der Waals surface area contributed by atoms with Crippen LogP contribution in [0.1, 0.15) is 38.5 Å². The molecule has 1 saturated carbocycles. The van der Waals surface area contributed by atoms with E-state index in [2.05, 4.69) is 5.32 Å². The summed E-state index contributed by atoms with van der Waals surface area (Å²) in [5.74, 6) is -0.595. The highest BCUT2D eigenvalue weighted by Gasteiger charge is 2.34. The number of aliphatic hydroxyl groups is 1.